The van der Waals surface area contributed by atoms with E-state index >= 15 is 0 Å². The van der Waals surface area contributed by atoms with Crippen molar-refractivity contribution < 1.29 is 18.3 Å². The maximum Gasteiger partial charge on any atom is 0.273 e. The van der Waals surface area contributed by atoms with E-state index in [2.05, 4.69) is 20.9 Å². The predicted molar refractivity (Wildman–Crippen MR) is 107 cm³/mol. The number of rotatable bonds is 6. The van der Waals surface area contributed by atoms with Gasteiger partial charge in [-0.15, -0.1) is 0 Å². The number of anilines is 1. The Morgan fingerprint density at radius 3 is 2.76 bits per heavy atom. The van der Waals surface area contributed by atoms with Crippen molar-refractivity contribution in [2.24, 2.45) is 5.73 Å². The number of hydrogen-bond acceptors (Lipinski definition) is 5. The van der Waals surface area contributed by atoms with Gasteiger partial charge in [0.05, 0.1) is 0 Å². The molecule has 1 aliphatic rings. The topological polar surface area (TPSA) is 90.5 Å². The highest BCUT2D eigenvalue weighted by atomic mass is 79.9. The van der Waals surface area contributed by atoms with E-state index in [0.29, 0.717) is 13.0 Å². The van der Waals surface area contributed by atoms with Crippen molar-refractivity contribution in [3.8, 4) is 5.88 Å². The van der Waals surface area contributed by atoms with Crippen molar-refractivity contribution in [3.63, 3.8) is 0 Å². The fourth-order valence-electron chi connectivity index (χ4n) is 3.33. The van der Waals surface area contributed by atoms with Gasteiger partial charge in [-0.05, 0) is 54.8 Å². The predicted octanol–water partition coefficient (Wildman–Crippen LogP) is 2.90. The molecule has 1 fully saturated rings. The van der Waals surface area contributed by atoms with E-state index in [1.54, 1.807) is 4.90 Å². The molecule has 1 saturated heterocycles. The number of benzene rings is 1. The molecule has 2 N–H and O–H groups in total. The van der Waals surface area contributed by atoms with E-state index in [9.17, 15) is 18.4 Å². The van der Waals surface area contributed by atoms with Crippen molar-refractivity contribution >= 4 is 27.8 Å². The molecule has 1 amide bonds. The van der Waals surface area contributed by atoms with Gasteiger partial charge in [-0.3, -0.25) is 14.2 Å². The van der Waals surface area contributed by atoms with Crippen LogP contribution in [-0.4, -0.2) is 28.0 Å². The molecule has 10 heteroatoms. The van der Waals surface area contributed by atoms with E-state index in [-0.39, 0.29) is 34.5 Å². The summed E-state index contributed by atoms with van der Waals surface area (Å²) in [5.41, 5.74) is 5.24. The fraction of sp³-hybridized carbons (Fsp3) is 0.421. The zero-order valence-electron chi connectivity index (χ0n) is 16.0. The molecular formula is C19H21BrF2N4O3. The average Bonchev–Trinajstić information content (AvgIpc) is 3.13. The number of ether oxygens (including phenoxy) is 1. The molecule has 7 nitrogen and oxygen atoms in total. The minimum Gasteiger partial charge on any atom is -0.472 e. The molecule has 1 aromatic carbocycles. The summed E-state index contributed by atoms with van der Waals surface area (Å²) in [5.74, 6) is -1.72. The summed E-state index contributed by atoms with van der Waals surface area (Å²) in [7, 11) is 0. The molecular weight excluding hydrogens is 450 g/mol. The largest absolute Gasteiger partial charge is 0.472 e. The summed E-state index contributed by atoms with van der Waals surface area (Å²) in [6.07, 6.45) is 1.30. The minimum atomic E-state index is -0.759. The van der Waals surface area contributed by atoms with Crippen LogP contribution >= 0.6 is 15.9 Å². The van der Waals surface area contributed by atoms with Gasteiger partial charge in [0.2, 0.25) is 17.7 Å². The summed E-state index contributed by atoms with van der Waals surface area (Å²) in [4.78, 5) is 30.9. The highest BCUT2D eigenvalue weighted by molar-refractivity contribution is 9.10. The van der Waals surface area contributed by atoms with Gasteiger partial charge in [-0.1, -0.05) is 0 Å². The molecule has 0 saturated carbocycles. The van der Waals surface area contributed by atoms with E-state index in [1.807, 2.05) is 13.8 Å². The lowest BCUT2D eigenvalue weighted by atomic mass is 10.2. The van der Waals surface area contributed by atoms with Crippen molar-refractivity contribution in [1.29, 1.82) is 0 Å². The number of hydrogen-bond donors (Lipinski definition) is 1. The molecule has 156 valence electrons. The van der Waals surface area contributed by atoms with Crippen LogP contribution in [-0.2, 0) is 11.4 Å². The standard InChI is InChI=1S/C19H21BrF2N4O3/c1-10(2)26-18(28)15(20)17(29-9-11-5-6-12(21)8-13(11)22)24-19(26)25-7-3-4-14(25)16(23)27/h5-6,8,10,14H,3-4,7,9H2,1-2H3,(H2,23,27). The Hall–Kier alpha value is -2.49. The van der Waals surface area contributed by atoms with Gasteiger partial charge in [0, 0.05) is 24.2 Å². The molecule has 0 bridgehead atoms. The number of aromatic nitrogens is 2. The number of carbonyl (C=O) groups is 1. The number of carbonyl (C=O) groups excluding carboxylic acids is 1. The Morgan fingerprint density at radius 2 is 2.14 bits per heavy atom. The first-order valence-electron chi connectivity index (χ1n) is 9.15. The van der Waals surface area contributed by atoms with Crippen molar-refractivity contribution in [3.05, 3.63) is 50.2 Å². The molecule has 2 heterocycles. The Kier molecular flexibility index (Phi) is 6.21. The summed E-state index contributed by atoms with van der Waals surface area (Å²) in [6, 6.07) is 2.33. The third-order valence-corrected chi connectivity index (χ3v) is 5.42. The first-order valence-corrected chi connectivity index (χ1v) is 9.94. The highest BCUT2D eigenvalue weighted by Gasteiger charge is 2.33. The van der Waals surface area contributed by atoms with Gasteiger partial charge < -0.3 is 15.4 Å². The lowest BCUT2D eigenvalue weighted by Crippen LogP contribution is -2.44. The van der Waals surface area contributed by atoms with E-state index in [0.717, 1.165) is 18.6 Å². The Morgan fingerprint density at radius 1 is 1.41 bits per heavy atom. The molecule has 2 aromatic rings. The molecule has 0 spiro atoms. The van der Waals surface area contributed by atoms with E-state index in [4.69, 9.17) is 10.5 Å². The highest BCUT2D eigenvalue weighted by Crippen LogP contribution is 2.30. The minimum absolute atomic E-state index is 0.0410. The van der Waals surface area contributed by atoms with Crippen LogP contribution in [0.25, 0.3) is 0 Å². The van der Waals surface area contributed by atoms with Gasteiger partial charge in [0.15, 0.2) is 0 Å². The van der Waals surface area contributed by atoms with Crippen LogP contribution in [0.5, 0.6) is 5.88 Å². The van der Waals surface area contributed by atoms with Crippen LogP contribution in [0.1, 0.15) is 38.3 Å². The van der Waals surface area contributed by atoms with Crippen molar-refractivity contribution in [2.45, 2.75) is 45.4 Å². The number of halogens is 3. The normalized spacial score (nSPS) is 16.5. The molecule has 29 heavy (non-hydrogen) atoms. The third-order valence-electron chi connectivity index (χ3n) is 4.75. The molecule has 0 radical (unpaired) electrons. The second kappa shape index (κ2) is 8.48. The van der Waals surface area contributed by atoms with Gasteiger partial charge in [-0.25, -0.2) is 8.78 Å². The maximum absolute atomic E-state index is 13.9. The summed E-state index contributed by atoms with van der Waals surface area (Å²) >= 11 is 3.21. The molecule has 3 rings (SSSR count). The Balaban J connectivity index is 2.01. The zero-order chi connectivity index (χ0) is 21.3. The van der Waals surface area contributed by atoms with Crippen LogP contribution in [0.3, 0.4) is 0 Å². The maximum atomic E-state index is 13.9. The van der Waals surface area contributed by atoms with Gasteiger partial charge in [0.25, 0.3) is 5.56 Å². The second-order valence-electron chi connectivity index (χ2n) is 7.08. The summed E-state index contributed by atoms with van der Waals surface area (Å²) < 4.78 is 34.1. The molecule has 0 aliphatic carbocycles. The lowest BCUT2D eigenvalue weighted by molar-refractivity contribution is -0.119. The second-order valence-corrected chi connectivity index (χ2v) is 7.87. The van der Waals surface area contributed by atoms with Crippen LogP contribution in [0.4, 0.5) is 14.7 Å². The number of nitrogens with zero attached hydrogens (tertiary/aromatic N) is 3. The smallest absolute Gasteiger partial charge is 0.273 e. The quantitative estimate of drug-likeness (QED) is 0.700. The monoisotopic (exact) mass is 470 g/mol. The van der Waals surface area contributed by atoms with Gasteiger partial charge in [-0.2, -0.15) is 4.98 Å². The van der Waals surface area contributed by atoms with Crippen LogP contribution in [0.2, 0.25) is 0 Å². The van der Waals surface area contributed by atoms with Crippen LogP contribution in [0.15, 0.2) is 27.5 Å². The Bertz CT molecular complexity index is 996. The van der Waals surface area contributed by atoms with Crippen LogP contribution in [0, 0.1) is 11.6 Å². The SMILES string of the molecule is CC(C)n1c(N2CCCC2C(N)=O)nc(OCc2ccc(F)cc2F)c(Br)c1=O. The van der Waals surface area contributed by atoms with E-state index < -0.39 is 29.1 Å². The molecule has 1 aliphatic heterocycles. The summed E-state index contributed by atoms with van der Waals surface area (Å²) in [5, 5.41) is 0. The zero-order valence-corrected chi connectivity index (χ0v) is 17.6. The van der Waals surface area contributed by atoms with Gasteiger partial charge >= 0.3 is 0 Å². The number of nitrogens with two attached hydrogens (primary N) is 1. The third kappa shape index (κ3) is 4.26. The number of primary amides is 1. The molecule has 1 unspecified atom stereocenters. The van der Waals surface area contributed by atoms with Crippen molar-refractivity contribution in [2.75, 3.05) is 11.4 Å². The first-order chi connectivity index (χ1) is 13.7. The Labute approximate surface area is 174 Å². The fourth-order valence-corrected chi connectivity index (χ4v) is 3.73. The van der Waals surface area contributed by atoms with Gasteiger partial charge in [0.1, 0.15) is 28.8 Å². The molecule has 1 aromatic heterocycles. The van der Waals surface area contributed by atoms with E-state index in [1.165, 1.54) is 10.6 Å². The lowest BCUT2D eigenvalue weighted by Gasteiger charge is -2.28. The summed E-state index contributed by atoms with van der Waals surface area (Å²) in [6.45, 7) is 3.91. The number of amides is 1. The van der Waals surface area contributed by atoms with Crippen LogP contribution < -0.4 is 20.9 Å². The van der Waals surface area contributed by atoms with Crippen molar-refractivity contribution in [1.82, 2.24) is 9.55 Å². The first kappa shape index (κ1) is 21.2. The molecule has 1 atom stereocenters. The average molecular weight is 471 g/mol.